The summed E-state index contributed by atoms with van der Waals surface area (Å²) < 4.78 is 41.0. The van der Waals surface area contributed by atoms with Crippen molar-refractivity contribution in [1.29, 1.82) is 0 Å². The molecule has 2 N–H and O–H groups in total. The number of hydrogen-bond acceptors (Lipinski definition) is 5. The van der Waals surface area contributed by atoms with Gasteiger partial charge in [-0.1, -0.05) is 12.1 Å². The van der Waals surface area contributed by atoms with Crippen molar-refractivity contribution in [1.82, 2.24) is 9.97 Å². The Morgan fingerprint density at radius 2 is 1.75 bits per heavy atom. The van der Waals surface area contributed by atoms with Gasteiger partial charge in [0.25, 0.3) is 5.91 Å². The van der Waals surface area contributed by atoms with E-state index in [0.29, 0.717) is 16.8 Å². The van der Waals surface area contributed by atoms with E-state index in [-0.39, 0.29) is 29.0 Å². The maximum Gasteiger partial charge on any atom is 0.573 e. The second kappa shape index (κ2) is 8.66. The quantitative estimate of drug-likeness (QED) is 0.580. The largest absolute Gasteiger partial charge is 0.573 e. The van der Waals surface area contributed by atoms with Crippen molar-refractivity contribution >= 4 is 23.3 Å². The number of benzene rings is 1. The molecule has 4 rings (SSSR count). The van der Waals surface area contributed by atoms with E-state index in [9.17, 15) is 22.8 Å². The fraction of sp³-hybridized carbons (Fsp3) is 0.182. The number of anilines is 2. The Labute approximate surface area is 180 Å². The van der Waals surface area contributed by atoms with Gasteiger partial charge in [0.2, 0.25) is 5.91 Å². The fourth-order valence-electron chi connectivity index (χ4n) is 2.99. The van der Waals surface area contributed by atoms with Crippen LogP contribution in [0.15, 0.2) is 61.1 Å². The van der Waals surface area contributed by atoms with Crippen LogP contribution in [0, 0.1) is 5.92 Å². The lowest BCUT2D eigenvalue weighted by atomic mass is 10.0. The zero-order valence-electron chi connectivity index (χ0n) is 16.5. The SMILES string of the molecule is O=C(Nc1cnccc1-c1ccc(OC(F)(F)F)cc1)c1ccnc(NC(=O)C2CC2)c1. The number of rotatable bonds is 6. The molecule has 1 saturated carbocycles. The van der Waals surface area contributed by atoms with Crippen LogP contribution in [0.3, 0.4) is 0 Å². The number of carbonyl (C=O) groups excluding carboxylic acids is 2. The Hall–Kier alpha value is -3.95. The van der Waals surface area contributed by atoms with Crippen molar-refractivity contribution in [2.24, 2.45) is 5.92 Å². The van der Waals surface area contributed by atoms with Crippen molar-refractivity contribution in [3.05, 3.63) is 66.6 Å². The molecule has 7 nitrogen and oxygen atoms in total. The van der Waals surface area contributed by atoms with Gasteiger partial charge in [0.1, 0.15) is 11.6 Å². The van der Waals surface area contributed by atoms with Gasteiger partial charge in [-0.05, 0) is 48.7 Å². The van der Waals surface area contributed by atoms with E-state index in [1.807, 2.05) is 0 Å². The molecule has 0 unspecified atom stereocenters. The van der Waals surface area contributed by atoms with Crippen molar-refractivity contribution in [2.45, 2.75) is 19.2 Å². The summed E-state index contributed by atoms with van der Waals surface area (Å²) in [7, 11) is 0. The topological polar surface area (TPSA) is 93.2 Å². The molecule has 10 heteroatoms. The number of aromatic nitrogens is 2. The molecule has 0 aliphatic heterocycles. The molecule has 164 valence electrons. The normalized spacial score (nSPS) is 13.3. The molecule has 1 aliphatic rings. The lowest BCUT2D eigenvalue weighted by Gasteiger charge is -2.13. The fourth-order valence-corrected chi connectivity index (χ4v) is 2.99. The first-order chi connectivity index (χ1) is 15.3. The summed E-state index contributed by atoms with van der Waals surface area (Å²) in [5, 5.41) is 5.43. The van der Waals surface area contributed by atoms with E-state index < -0.39 is 12.3 Å². The van der Waals surface area contributed by atoms with Gasteiger partial charge >= 0.3 is 6.36 Å². The molecule has 32 heavy (non-hydrogen) atoms. The van der Waals surface area contributed by atoms with Gasteiger partial charge in [0.15, 0.2) is 0 Å². The van der Waals surface area contributed by atoms with E-state index in [0.717, 1.165) is 12.8 Å². The standard InChI is InChI=1S/C22H17F3N4O3/c23-22(24,25)32-16-5-3-13(4-6-16)17-8-9-26-12-18(17)28-21(31)15-7-10-27-19(11-15)29-20(30)14-1-2-14/h3-12,14H,1-2H2,(H,28,31)(H,27,29,30). The van der Waals surface area contributed by atoms with Crippen LogP contribution in [0.25, 0.3) is 11.1 Å². The average molecular weight is 442 g/mol. The van der Waals surface area contributed by atoms with E-state index >= 15 is 0 Å². The molecule has 1 aromatic carbocycles. The predicted molar refractivity (Wildman–Crippen MR) is 110 cm³/mol. The Balaban J connectivity index is 1.51. The number of carbonyl (C=O) groups is 2. The van der Waals surface area contributed by atoms with Crippen molar-refractivity contribution < 1.29 is 27.5 Å². The third-order valence-electron chi connectivity index (χ3n) is 4.69. The maximum absolute atomic E-state index is 12.8. The molecule has 0 saturated heterocycles. The lowest BCUT2D eigenvalue weighted by Crippen LogP contribution is -2.17. The van der Waals surface area contributed by atoms with E-state index in [1.54, 1.807) is 6.07 Å². The molecule has 2 aromatic heterocycles. The zero-order chi connectivity index (χ0) is 22.7. The number of ether oxygens (including phenoxy) is 1. The number of nitrogens with zero attached hydrogens (tertiary/aromatic N) is 2. The molecule has 1 fully saturated rings. The Bertz CT molecular complexity index is 1150. The van der Waals surface area contributed by atoms with Gasteiger partial charge < -0.3 is 15.4 Å². The zero-order valence-corrected chi connectivity index (χ0v) is 16.5. The molecule has 3 aromatic rings. The Morgan fingerprint density at radius 1 is 1.00 bits per heavy atom. The third kappa shape index (κ3) is 5.39. The molecule has 0 bridgehead atoms. The summed E-state index contributed by atoms with van der Waals surface area (Å²) in [4.78, 5) is 32.8. The smallest absolute Gasteiger partial charge is 0.406 e. The second-order valence-electron chi connectivity index (χ2n) is 7.14. The minimum atomic E-state index is -4.78. The summed E-state index contributed by atoms with van der Waals surface area (Å²) >= 11 is 0. The summed E-state index contributed by atoms with van der Waals surface area (Å²) in [6.07, 6.45) is 1.27. The van der Waals surface area contributed by atoms with Crippen LogP contribution in [0.1, 0.15) is 23.2 Å². The highest BCUT2D eigenvalue weighted by molar-refractivity contribution is 6.07. The summed E-state index contributed by atoms with van der Waals surface area (Å²) in [6.45, 7) is 0. The number of amides is 2. The summed E-state index contributed by atoms with van der Waals surface area (Å²) in [6, 6.07) is 9.87. The van der Waals surface area contributed by atoms with E-state index in [4.69, 9.17) is 0 Å². The van der Waals surface area contributed by atoms with Crippen molar-refractivity contribution in [2.75, 3.05) is 10.6 Å². The van der Waals surface area contributed by atoms with Crippen molar-refractivity contribution in [3.63, 3.8) is 0 Å². The van der Waals surface area contributed by atoms with Gasteiger partial charge in [-0.2, -0.15) is 0 Å². The predicted octanol–water partition coefficient (Wildman–Crippen LogP) is 4.64. The first-order valence-electron chi connectivity index (χ1n) is 9.67. The minimum Gasteiger partial charge on any atom is -0.406 e. The molecule has 0 radical (unpaired) electrons. The number of alkyl halides is 3. The number of halogens is 3. The van der Waals surface area contributed by atoms with Crippen LogP contribution in [0.2, 0.25) is 0 Å². The van der Waals surface area contributed by atoms with Crippen LogP contribution >= 0.6 is 0 Å². The van der Waals surface area contributed by atoms with Crippen LogP contribution in [0.4, 0.5) is 24.7 Å². The van der Waals surface area contributed by atoms with Crippen LogP contribution in [-0.4, -0.2) is 28.1 Å². The maximum atomic E-state index is 12.8. The molecule has 0 atom stereocenters. The van der Waals surface area contributed by atoms with Gasteiger partial charge in [-0.15, -0.1) is 13.2 Å². The van der Waals surface area contributed by atoms with E-state index in [2.05, 4.69) is 25.3 Å². The third-order valence-corrected chi connectivity index (χ3v) is 4.69. The first kappa shape index (κ1) is 21.3. The second-order valence-corrected chi connectivity index (χ2v) is 7.14. The highest BCUT2D eigenvalue weighted by Gasteiger charge is 2.31. The Morgan fingerprint density at radius 3 is 2.44 bits per heavy atom. The Kier molecular flexibility index (Phi) is 5.76. The number of nitrogens with one attached hydrogen (secondary N) is 2. The van der Waals surface area contributed by atoms with Gasteiger partial charge in [0.05, 0.1) is 11.9 Å². The van der Waals surface area contributed by atoms with Crippen LogP contribution in [0.5, 0.6) is 5.75 Å². The number of hydrogen-bond donors (Lipinski definition) is 2. The summed E-state index contributed by atoms with van der Waals surface area (Å²) in [5.41, 5.74) is 1.75. The van der Waals surface area contributed by atoms with Crippen LogP contribution < -0.4 is 15.4 Å². The monoisotopic (exact) mass is 442 g/mol. The highest BCUT2D eigenvalue weighted by atomic mass is 19.4. The van der Waals surface area contributed by atoms with Crippen molar-refractivity contribution in [3.8, 4) is 16.9 Å². The number of pyridine rings is 2. The molecule has 2 heterocycles. The first-order valence-corrected chi connectivity index (χ1v) is 9.67. The molecule has 1 aliphatic carbocycles. The molecule has 0 spiro atoms. The van der Waals surface area contributed by atoms with Gasteiger partial charge in [-0.25, -0.2) is 4.98 Å². The summed E-state index contributed by atoms with van der Waals surface area (Å²) in [5.74, 6) is -0.650. The lowest BCUT2D eigenvalue weighted by molar-refractivity contribution is -0.274. The van der Waals surface area contributed by atoms with Crippen LogP contribution in [-0.2, 0) is 4.79 Å². The van der Waals surface area contributed by atoms with E-state index in [1.165, 1.54) is 55.0 Å². The average Bonchev–Trinajstić information content (AvgIpc) is 3.59. The van der Waals surface area contributed by atoms with Gasteiger partial charge in [0, 0.05) is 29.4 Å². The molecular formula is C22H17F3N4O3. The molecule has 2 amide bonds. The van der Waals surface area contributed by atoms with Gasteiger partial charge in [-0.3, -0.25) is 14.6 Å². The molecular weight excluding hydrogens is 425 g/mol. The minimum absolute atomic E-state index is 0.000143. The highest BCUT2D eigenvalue weighted by Crippen LogP contribution is 2.31.